The van der Waals surface area contributed by atoms with Crippen LogP contribution in [0.15, 0.2) is 35.5 Å². The zero-order valence-corrected chi connectivity index (χ0v) is 16.8. The normalized spacial score (nSPS) is 15.5. The maximum Gasteiger partial charge on any atom is 0.207 e. The highest BCUT2D eigenvalue weighted by atomic mass is 16.6. The van der Waals surface area contributed by atoms with E-state index in [9.17, 15) is 0 Å². The highest BCUT2D eigenvalue weighted by molar-refractivity contribution is 6.01. The van der Waals surface area contributed by atoms with Crippen LogP contribution in [0.3, 0.4) is 0 Å². The minimum atomic E-state index is -0.117. The molecule has 7 heteroatoms. The first-order valence-corrected chi connectivity index (χ1v) is 8.88. The lowest BCUT2D eigenvalue weighted by atomic mass is 9.99. The molecule has 0 saturated heterocycles. The van der Waals surface area contributed by atoms with Crippen molar-refractivity contribution in [2.75, 3.05) is 35.5 Å². The Labute approximate surface area is 164 Å². The molecule has 150 valence electrons. The van der Waals surface area contributed by atoms with E-state index in [0.29, 0.717) is 35.8 Å². The van der Waals surface area contributed by atoms with Gasteiger partial charge < -0.3 is 28.5 Å². The summed E-state index contributed by atoms with van der Waals surface area (Å²) in [4.78, 5) is 5.67. The van der Waals surface area contributed by atoms with Gasteiger partial charge in [-0.3, -0.25) is 0 Å². The fourth-order valence-corrected chi connectivity index (χ4v) is 3.29. The fourth-order valence-electron chi connectivity index (χ4n) is 3.29. The molecule has 0 radical (unpaired) electrons. The van der Waals surface area contributed by atoms with Gasteiger partial charge in [0.05, 0.1) is 41.3 Å². The summed E-state index contributed by atoms with van der Waals surface area (Å²) in [6, 6.07) is 9.66. The minimum absolute atomic E-state index is 0.117. The smallest absolute Gasteiger partial charge is 0.207 e. The Morgan fingerprint density at radius 3 is 2.11 bits per heavy atom. The third kappa shape index (κ3) is 3.78. The molecule has 0 amide bonds. The number of hydrogen-bond donors (Lipinski definition) is 0. The lowest BCUT2D eigenvalue weighted by Crippen LogP contribution is -2.13. The number of benzene rings is 2. The summed E-state index contributed by atoms with van der Waals surface area (Å²) in [5, 5.41) is 4.26. The molecule has 1 aliphatic rings. The molecule has 0 saturated carbocycles. The van der Waals surface area contributed by atoms with Gasteiger partial charge in [-0.05, 0) is 35.9 Å². The van der Waals surface area contributed by atoms with E-state index in [4.69, 9.17) is 28.5 Å². The van der Waals surface area contributed by atoms with Gasteiger partial charge in [0.1, 0.15) is 11.9 Å². The first-order chi connectivity index (χ1) is 13.6. The van der Waals surface area contributed by atoms with Crippen LogP contribution in [0.25, 0.3) is 0 Å². The lowest BCUT2D eigenvalue weighted by molar-refractivity contribution is 0.0853. The first-order valence-electron chi connectivity index (χ1n) is 8.88. The second-order valence-electron chi connectivity index (χ2n) is 6.24. The molecule has 0 fully saturated rings. The Balaban J connectivity index is 1.80. The SMILES string of the molecule is COc1ccc(C2=NO[C@@H](Cc3cc(OC)c(OC)c(OC)c3OC)C2)cc1. The second kappa shape index (κ2) is 8.73. The van der Waals surface area contributed by atoms with E-state index in [-0.39, 0.29) is 6.10 Å². The number of rotatable bonds is 8. The first kappa shape index (κ1) is 19.7. The summed E-state index contributed by atoms with van der Waals surface area (Å²) >= 11 is 0. The Kier molecular flexibility index (Phi) is 6.13. The van der Waals surface area contributed by atoms with Crippen molar-refractivity contribution in [1.29, 1.82) is 0 Å². The molecule has 0 unspecified atom stereocenters. The maximum atomic E-state index is 5.67. The van der Waals surface area contributed by atoms with Gasteiger partial charge in [-0.2, -0.15) is 0 Å². The zero-order valence-electron chi connectivity index (χ0n) is 16.8. The molecule has 0 aliphatic carbocycles. The largest absolute Gasteiger partial charge is 0.497 e. The van der Waals surface area contributed by atoms with E-state index in [1.807, 2.05) is 30.3 Å². The standard InChI is InChI=1S/C21H25NO6/c1-23-15-8-6-13(7-9-15)17-12-16(28-22-17)10-14-11-18(24-2)20(26-4)21(27-5)19(14)25-3/h6-9,11,16H,10,12H2,1-5H3/t16-/m0/s1. The molecule has 28 heavy (non-hydrogen) atoms. The average molecular weight is 387 g/mol. The predicted octanol–water partition coefficient (Wildman–Crippen LogP) is 3.47. The molecule has 3 rings (SSSR count). The Morgan fingerprint density at radius 1 is 0.857 bits per heavy atom. The van der Waals surface area contributed by atoms with Crippen LogP contribution in [-0.4, -0.2) is 47.4 Å². The van der Waals surface area contributed by atoms with Crippen LogP contribution >= 0.6 is 0 Å². The van der Waals surface area contributed by atoms with Gasteiger partial charge in [0.2, 0.25) is 11.5 Å². The molecule has 0 bridgehead atoms. The van der Waals surface area contributed by atoms with E-state index < -0.39 is 0 Å². The molecule has 2 aromatic rings. The summed E-state index contributed by atoms with van der Waals surface area (Å²) in [7, 11) is 7.97. The summed E-state index contributed by atoms with van der Waals surface area (Å²) in [6.07, 6.45) is 1.16. The topological polar surface area (TPSA) is 67.7 Å². The van der Waals surface area contributed by atoms with Gasteiger partial charge in [-0.1, -0.05) is 5.16 Å². The third-order valence-electron chi connectivity index (χ3n) is 4.67. The van der Waals surface area contributed by atoms with Crippen LogP contribution in [0.2, 0.25) is 0 Å². The molecule has 1 atom stereocenters. The fraction of sp³-hybridized carbons (Fsp3) is 0.381. The summed E-state index contributed by atoms with van der Waals surface area (Å²) in [6.45, 7) is 0. The second-order valence-corrected chi connectivity index (χ2v) is 6.24. The van der Waals surface area contributed by atoms with Crippen molar-refractivity contribution < 1.29 is 28.5 Å². The monoisotopic (exact) mass is 387 g/mol. The van der Waals surface area contributed by atoms with E-state index >= 15 is 0 Å². The maximum absolute atomic E-state index is 5.67. The molecule has 0 aromatic heterocycles. The van der Waals surface area contributed by atoms with Crippen molar-refractivity contribution in [3.63, 3.8) is 0 Å². The van der Waals surface area contributed by atoms with Crippen LogP contribution in [0.4, 0.5) is 0 Å². The van der Waals surface area contributed by atoms with Crippen molar-refractivity contribution in [1.82, 2.24) is 0 Å². The van der Waals surface area contributed by atoms with Gasteiger partial charge in [-0.25, -0.2) is 0 Å². The van der Waals surface area contributed by atoms with Gasteiger partial charge in [0, 0.05) is 18.4 Å². The van der Waals surface area contributed by atoms with Gasteiger partial charge in [0.25, 0.3) is 0 Å². The van der Waals surface area contributed by atoms with Gasteiger partial charge in [-0.15, -0.1) is 0 Å². The van der Waals surface area contributed by atoms with Crippen LogP contribution in [0, 0.1) is 0 Å². The zero-order chi connectivity index (χ0) is 20.1. The highest BCUT2D eigenvalue weighted by Gasteiger charge is 2.27. The van der Waals surface area contributed by atoms with Gasteiger partial charge in [0.15, 0.2) is 11.5 Å². The summed E-state index contributed by atoms with van der Waals surface area (Å²) < 4.78 is 27.2. The number of nitrogens with zero attached hydrogens (tertiary/aromatic N) is 1. The summed E-state index contributed by atoms with van der Waals surface area (Å²) in [5.74, 6) is 2.97. The number of methoxy groups -OCH3 is 5. The van der Waals surface area contributed by atoms with Crippen molar-refractivity contribution in [3.8, 4) is 28.7 Å². The van der Waals surface area contributed by atoms with E-state index in [1.165, 1.54) is 0 Å². The molecular formula is C21H25NO6. The Morgan fingerprint density at radius 2 is 1.54 bits per heavy atom. The highest BCUT2D eigenvalue weighted by Crippen LogP contribution is 2.47. The van der Waals surface area contributed by atoms with Crippen LogP contribution < -0.4 is 23.7 Å². The lowest BCUT2D eigenvalue weighted by Gasteiger charge is -2.19. The summed E-state index contributed by atoms with van der Waals surface area (Å²) in [5.41, 5.74) is 2.81. The van der Waals surface area contributed by atoms with Crippen molar-refractivity contribution >= 4 is 5.71 Å². The van der Waals surface area contributed by atoms with Gasteiger partial charge >= 0.3 is 0 Å². The molecule has 1 heterocycles. The van der Waals surface area contributed by atoms with E-state index in [1.54, 1.807) is 35.5 Å². The quantitative estimate of drug-likeness (QED) is 0.691. The number of ether oxygens (including phenoxy) is 5. The van der Waals surface area contributed by atoms with Crippen LogP contribution in [0.5, 0.6) is 28.7 Å². The van der Waals surface area contributed by atoms with E-state index in [2.05, 4.69) is 5.16 Å². The van der Waals surface area contributed by atoms with Crippen LogP contribution in [-0.2, 0) is 11.3 Å². The molecule has 1 aliphatic heterocycles. The van der Waals surface area contributed by atoms with E-state index in [0.717, 1.165) is 22.6 Å². The molecule has 0 spiro atoms. The van der Waals surface area contributed by atoms with Crippen molar-refractivity contribution in [2.24, 2.45) is 5.16 Å². The molecular weight excluding hydrogens is 362 g/mol. The van der Waals surface area contributed by atoms with Crippen molar-refractivity contribution in [3.05, 3.63) is 41.5 Å². The van der Waals surface area contributed by atoms with Crippen LogP contribution in [0.1, 0.15) is 17.5 Å². The third-order valence-corrected chi connectivity index (χ3v) is 4.67. The number of oxime groups is 1. The Bertz CT molecular complexity index is 847. The minimum Gasteiger partial charge on any atom is -0.497 e. The Hall–Kier alpha value is -3.09. The molecule has 0 N–H and O–H groups in total. The molecule has 7 nitrogen and oxygen atoms in total. The molecule has 2 aromatic carbocycles. The number of hydrogen-bond acceptors (Lipinski definition) is 7. The average Bonchev–Trinajstić information content (AvgIpc) is 3.21. The predicted molar refractivity (Wildman–Crippen MR) is 105 cm³/mol. The van der Waals surface area contributed by atoms with Crippen molar-refractivity contribution in [2.45, 2.75) is 18.9 Å².